The Morgan fingerprint density at radius 2 is 1.00 bits per heavy atom. The van der Waals surface area contributed by atoms with Gasteiger partial charge < -0.3 is 4.74 Å². The maximum absolute atomic E-state index is 12.0. The Morgan fingerprint density at radius 3 is 1.50 bits per heavy atom. The highest BCUT2D eigenvalue weighted by Crippen LogP contribution is 2.14. The molecular weight excluding hydrogens is 480 g/mol. The Morgan fingerprint density at radius 1 is 0.553 bits per heavy atom. The molecule has 1 rings (SSSR count). The van der Waals surface area contributed by atoms with Gasteiger partial charge in [0.25, 0.3) is 0 Å². The highest BCUT2D eigenvalue weighted by molar-refractivity contribution is 5.88. The zero-order valence-electron chi connectivity index (χ0n) is 24.3. The van der Waals surface area contributed by atoms with Gasteiger partial charge in [0.2, 0.25) is 0 Å². The van der Waals surface area contributed by atoms with E-state index in [0.29, 0.717) is 5.56 Å². The molecule has 0 aliphatic heterocycles. The molecule has 0 unspecified atom stereocenters. The molecule has 0 spiro atoms. The lowest BCUT2D eigenvalue weighted by Crippen LogP contribution is -2.12. The van der Waals surface area contributed by atoms with Crippen molar-refractivity contribution >= 4 is 12.1 Å². The molecule has 0 saturated carbocycles. The number of carbonyl (C=O) groups excluding carboxylic acids is 2. The lowest BCUT2D eigenvalue weighted by Gasteiger charge is -2.05. The fourth-order valence-corrected chi connectivity index (χ4v) is 4.52. The first kappa shape index (κ1) is 33.9. The molecule has 0 aliphatic rings. The standard InChI is InChI=1S/C32H54O6/c1-3-5-7-9-10-11-12-13-14-15-16-17-18-19-20-22-28-35-32(34)37-38-36-31(33)30-26-24-29(25-27-30)23-21-8-6-4-2/h24-27H,3-23,28H2,1-2H3. The minimum Gasteiger partial charge on any atom is -0.432 e. The number of carbonyl (C=O) groups is 2. The number of benzene rings is 1. The summed E-state index contributed by atoms with van der Waals surface area (Å²) in [5.74, 6) is -0.729. The number of aryl methyl sites for hydroxylation is 1. The molecule has 0 radical (unpaired) electrons. The van der Waals surface area contributed by atoms with Gasteiger partial charge in [0.1, 0.15) is 0 Å². The third kappa shape index (κ3) is 20.0. The van der Waals surface area contributed by atoms with Gasteiger partial charge in [0, 0.05) is 0 Å². The van der Waals surface area contributed by atoms with E-state index < -0.39 is 12.1 Å². The molecule has 1 aromatic rings. The molecule has 0 aliphatic carbocycles. The summed E-state index contributed by atoms with van der Waals surface area (Å²) < 4.78 is 4.94. The third-order valence-electron chi connectivity index (χ3n) is 6.94. The van der Waals surface area contributed by atoms with E-state index in [0.717, 1.165) is 32.1 Å². The summed E-state index contributed by atoms with van der Waals surface area (Å²) in [6, 6.07) is 7.15. The average Bonchev–Trinajstić information content (AvgIpc) is 2.93. The van der Waals surface area contributed by atoms with E-state index in [1.807, 2.05) is 12.1 Å². The average molecular weight is 535 g/mol. The van der Waals surface area contributed by atoms with E-state index in [1.165, 1.54) is 108 Å². The van der Waals surface area contributed by atoms with E-state index in [-0.39, 0.29) is 6.61 Å². The van der Waals surface area contributed by atoms with Gasteiger partial charge in [0.15, 0.2) is 0 Å². The lowest BCUT2D eigenvalue weighted by atomic mass is 10.0. The van der Waals surface area contributed by atoms with E-state index >= 15 is 0 Å². The van der Waals surface area contributed by atoms with Gasteiger partial charge in [-0.2, -0.15) is 0 Å². The molecule has 0 atom stereocenters. The summed E-state index contributed by atoms with van der Waals surface area (Å²) in [5, 5.41) is 4.29. The van der Waals surface area contributed by atoms with Crippen molar-refractivity contribution in [1.82, 2.24) is 0 Å². The summed E-state index contributed by atoms with van der Waals surface area (Å²) in [6.07, 6.45) is 25.4. The highest BCUT2D eigenvalue weighted by atomic mass is 17.5. The topological polar surface area (TPSA) is 71.1 Å². The predicted molar refractivity (Wildman–Crippen MR) is 153 cm³/mol. The van der Waals surface area contributed by atoms with Crippen LogP contribution < -0.4 is 0 Å². The van der Waals surface area contributed by atoms with Gasteiger partial charge >= 0.3 is 12.1 Å². The van der Waals surface area contributed by atoms with Crippen LogP contribution in [0.3, 0.4) is 0 Å². The highest BCUT2D eigenvalue weighted by Gasteiger charge is 2.12. The Labute approximate surface area is 232 Å². The zero-order valence-corrected chi connectivity index (χ0v) is 24.3. The maximum Gasteiger partial charge on any atom is 0.543 e. The normalized spacial score (nSPS) is 10.9. The number of unbranched alkanes of at least 4 members (excludes halogenated alkanes) is 18. The second kappa shape index (κ2) is 25.2. The lowest BCUT2D eigenvalue weighted by molar-refractivity contribution is -0.452. The molecule has 218 valence electrons. The Bertz CT molecular complexity index is 688. The molecular formula is C32H54O6. The molecule has 0 bridgehead atoms. The summed E-state index contributed by atoms with van der Waals surface area (Å²) in [7, 11) is 0. The monoisotopic (exact) mass is 534 g/mol. The van der Waals surface area contributed by atoms with Crippen LogP contribution in [-0.2, 0) is 26.0 Å². The quantitative estimate of drug-likeness (QED) is 0.0538. The van der Waals surface area contributed by atoms with Crippen molar-refractivity contribution in [2.75, 3.05) is 6.61 Å². The van der Waals surface area contributed by atoms with Crippen LogP contribution in [0.4, 0.5) is 4.79 Å². The summed E-state index contributed by atoms with van der Waals surface area (Å²) in [6.45, 7) is 4.71. The van der Waals surface area contributed by atoms with Crippen molar-refractivity contribution in [1.29, 1.82) is 0 Å². The second-order valence-corrected chi connectivity index (χ2v) is 10.4. The van der Waals surface area contributed by atoms with Crippen LogP contribution in [0.2, 0.25) is 0 Å². The van der Waals surface area contributed by atoms with Crippen molar-refractivity contribution < 1.29 is 29.1 Å². The summed E-state index contributed by atoms with van der Waals surface area (Å²) in [4.78, 5) is 32.4. The SMILES string of the molecule is CCCCCCCCCCCCCCCCCCOC(=O)OOOC(=O)c1ccc(CCCCCC)cc1. The third-order valence-corrected chi connectivity index (χ3v) is 6.94. The fraction of sp³-hybridized carbons (Fsp3) is 0.750. The largest absolute Gasteiger partial charge is 0.543 e. The van der Waals surface area contributed by atoms with E-state index in [9.17, 15) is 9.59 Å². The van der Waals surface area contributed by atoms with Gasteiger partial charge in [0.05, 0.1) is 17.2 Å². The number of ether oxygens (including phenoxy) is 1. The molecule has 1 aromatic carbocycles. The Hall–Kier alpha value is -2.08. The molecule has 0 saturated heterocycles. The van der Waals surface area contributed by atoms with Gasteiger partial charge in [-0.1, -0.05) is 142 Å². The van der Waals surface area contributed by atoms with Gasteiger partial charge in [-0.05, 0) is 37.0 Å². The van der Waals surface area contributed by atoms with Crippen LogP contribution in [0.15, 0.2) is 24.3 Å². The van der Waals surface area contributed by atoms with E-state index in [4.69, 9.17) is 4.74 Å². The smallest absolute Gasteiger partial charge is 0.432 e. The first-order valence-electron chi connectivity index (χ1n) is 15.5. The molecule has 38 heavy (non-hydrogen) atoms. The number of rotatable bonds is 25. The number of hydrogen-bond acceptors (Lipinski definition) is 6. The van der Waals surface area contributed by atoms with Crippen LogP contribution in [0.25, 0.3) is 0 Å². The van der Waals surface area contributed by atoms with E-state index in [2.05, 4.69) is 28.7 Å². The molecule has 0 aromatic heterocycles. The first-order chi connectivity index (χ1) is 18.7. The molecule has 0 amide bonds. The predicted octanol–water partition coefficient (Wildman–Crippen LogP) is 10.2. The Kier molecular flexibility index (Phi) is 22.5. The molecule has 0 heterocycles. The number of hydrogen-bond donors (Lipinski definition) is 0. The van der Waals surface area contributed by atoms with Crippen LogP contribution in [0, 0.1) is 0 Å². The first-order valence-corrected chi connectivity index (χ1v) is 15.5. The van der Waals surface area contributed by atoms with Gasteiger partial charge in [-0.3, -0.25) is 4.89 Å². The summed E-state index contributed by atoms with van der Waals surface area (Å²) in [5.41, 5.74) is 1.50. The minimum absolute atomic E-state index is 0.258. The van der Waals surface area contributed by atoms with Crippen LogP contribution in [-0.4, -0.2) is 18.7 Å². The minimum atomic E-state index is -1.01. The van der Waals surface area contributed by atoms with Crippen molar-refractivity contribution in [2.45, 2.75) is 149 Å². The zero-order chi connectivity index (χ0) is 27.5. The van der Waals surface area contributed by atoms with Crippen molar-refractivity contribution in [3.63, 3.8) is 0 Å². The molecule has 6 nitrogen and oxygen atoms in total. The van der Waals surface area contributed by atoms with Crippen LogP contribution in [0.1, 0.15) is 158 Å². The summed E-state index contributed by atoms with van der Waals surface area (Å²) >= 11 is 0. The molecule has 0 fully saturated rings. The van der Waals surface area contributed by atoms with Crippen molar-refractivity contribution in [3.8, 4) is 0 Å². The Balaban J connectivity index is 1.89. The van der Waals surface area contributed by atoms with Crippen molar-refractivity contribution in [3.05, 3.63) is 35.4 Å². The van der Waals surface area contributed by atoms with Gasteiger partial charge in [-0.15, -0.1) is 0 Å². The van der Waals surface area contributed by atoms with Crippen LogP contribution in [0.5, 0.6) is 0 Å². The fourth-order valence-electron chi connectivity index (χ4n) is 4.52. The molecule has 6 heteroatoms. The molecule has 0 N–H and O–H groups in total. The van der Waals surface area contributed by atoms with Crippen molar-refractivity contribution in [2.24, 2.45) is 0 Å². The second-order valence-electron chi connectivity index (χ2n) is 10.4. The van der Waals surface area contributed by atoms with Gasteiger partial charge in [-0.25, -0.2) is 14.5 Å². The van der Waals surface area contributed by atoms with E-state index in [1.54, 1.807) is 12.1 Å². The van der Waals surface area contributed by atoms with Crippen LogP contribution >= 0.6 is 0 Å². The maximum atomic E-state index is 12.0.